The van der Waals surface area contributed by atoms with Gasteiger partial charge in [0.15, 0.2) is 5.43 Å². The van der Waals surface area contributed by atoms with E-state index in [1.165, 1.54) is 13.1 Å². The molecule has 2 heterocycles. The highest BCUT2D eigenvalue weighted by Crippen LogP contribution is 2.48. The van der Waals surface area contributed by atoms with Crippen molar-refractivity contribution in [1.29, 1.82) is 0 Å². The van der Waals surface area contributed by atoms with Crippen LogP contribution in [0.2, 0.25) is 0 Å². The second kappa shape index (κ2) is 9.83. The summed E-state index contributed by atoms with van der Waals surface area (Å²) in [5.41, 5.74) is 6.44. The lowest BCUT2D eigenvalue weighted by molar-refractivity contribution is -0.0557. The van der Waals surface area contributed by atoms with Crippen LogP contribution < -0.4 is 11.2 Å². The second-order valence-corrected chi connectivity index (χ2v) is 8.55. The monoisotopic (exact) mass is 437 g/mol. The molecular weight excluding hydrogens is 407 g/mol. The maximum absolute atomic E-state index is 13.6. The molecule has 31 heavy (non-hydrogen) atoms. The molecule has 2 aliphatic carbocycles. The zero-order chi connectivity index (χ0) is 22.6. The van der Waals surface area contributed by atoms with Crippen LogP contribution in [0.1, 0.15) is 80.4 Å². The minimum absolute atomic E-state index is 0.0278. The number of aromatic nitrogens is 2. The van der Waals surface area contributed by atoms with Gasteiger partial charge in [-0.25, -0.2) is 8.78 Å². The van der Waals surface area contributed by atoms with Crippen molar-refractivity contribution in [2.24, 2.45) is 17.6 Å². The molecule has 170 valence electrons. The Hall–Kier alpha value is -2.38. The summed E-state index contributed by atoms with van der Waals surface area (Å²) in [7, 11) is 0. The minimum Gasteiger partial charge on any atom is -0.364 e. The number of carbonyl (C=O) groups is 1. The highest BCUT2D eigenvalue weighted by molar-refractivity contribution is 6.03. The van der Waals surface area contributed by atoms with Crippen molar-refractivity contribution < 1.29 is 18.0 Å². The minimum atomic E-state index is -2.53. The molecule has 0 aromatic carbocycles. The van der Waals surface area contributed by atoms with E-state index in [2.05, 4.69) is 9.97 Å². The number of rotatable bonds is 3. The molecule has 0 spiro atoms. The van der Waals surface area contributed by atoms with Crippen LogP contribution in [0, 0.1) is 11.8 Å². The summed E-state index contributed by atoms with van der Waals surface area (Å²) in [6.07, 6.45) is 6.57. The van der Waals surface area contributed by atoms with E-state index < -0.39 is 11.8 Å². The molecule has 1 unspecified atom stereocenters. The van der Waals surface area contributed by atoms with E-state index in [1.54, 1.807) is 12.1 Å². The number of alkyl halides is 3. The van der Waals surface area contributed by atoms with Gasteiger partial charge in [0.1, 0.15) is 5.69 Å². The van der Waals surface area contributed by atoms with E-state index in [0.717, 1.165) is 31.4 Å². The standard InChI is InChI=1S/C21H25F2N3O2.C2H5F/c22-21(23)8-5-12(6-9-21)13-3-1-2-4-14(13)16-11-17(27)18-15(26-16)7-10-25-19(18)20(24)28;1-2-3/h7,10-14H,1-6,8-9H2,(H2,24,28)(H,26,27);2H2,1H3/t13?,14-;/m1./s1. The van der Waals surface area contributed by atoms with Gasteiger partial charge < -0.3 is 10.7 Å². The number of nitrogens with two attached hydrogens (primary N) is 1. The van der Waals surface area contributed by atoms with Crippen LogP contribution in [-0.4, -0.2) is 28.5 Å². The van der Waals surface area contributed by atoms with Crippen molar-refractivity contribution in [2.75, 3.05) is 6.67 Å². The van der Waals surface area contributed by atoms with E-state index >= 15 is 0 Å². The summed E-state index contributed by atoms with van der Waals surface area (Å²) in [4.78, 5) is 31.6. The fourth-order valence-corrected chi connectivity index (χ4v) is 5.21. The molecule has 2 aliphatic rings. The van der Waals surface area contributed by atoms with Gasteiger partial charge in [0.2, 0.25) is 5.92 Å². The third-order valence-electron chi connectivity index (χ3n) is 6.58. The molecule has 1 amide bonds. The van der Waals surface area contributed by atoms with Crippen LogP contribution in [0.3, 0.4) is 0 Å². The van der Waals surface area contributed by atoms with Crippen molar-refractivity contribution in [3.63, 3.8) is 0 Å². The molecule has 0 aliphatic heterocycles. The quantitative estimate of drug-likeness (QED) is 0.700. The molecular formula is C23H30F3N3O2. The molecule has 0 saturated heterocycles. The fourth-order valence-electron chi connectivity index (χ4n) is 5.21. The summed E-state index contributed by atoms with van der Waals surface area (Å²) in [5.74, 6) is -2.55. The van der Waals surface area contributed by atoms with Gasteiger partial charge in [-0.1, -0.05) is 12.8 Å². The first kappa shape index (κ1) is 23.3. The van der Waals surface area contributed by atoms with Crippen molar-refractivity contribution in [1.82, 2.24) is 9.97 Å². The fraction of sp³-hybridized carbons (Fsp3) is 0.609. The van der Waals surface area contributed by atoms with Gasteiger partial charge in [-0.2, -0.15) is 0 Å². The summed E-state index contributed by atoms with van der Waals surface area (Å²) in [6, 6.07) is 3.22. The molecule has 2 aromatic heterocycles. The predicted molar refractivity (Wildman–Crippen MR) is 114 cm³/mol. The molecule has 2 atom stereocenters. The molecule has 3 N–H and O–H groups in total. The van der Waals surface area contributed by atoms with Crippen molar-refractivity contribution >= 4 is 16.8 Å². The molecule has 4 rings (SSSR count). The second-order valence-electron chi connectivity index (χ2n) is 8.55. The van der Waals surface area contributed by atoms with Crippen LogP contribution in [0.5, 0.6) is 0 Å². The summed E-state index contributed by atoms with van der Waals surface area (Å²) < 4.78 is 37.5. The number of nitrogens with one attached hydrogen (secondary N) is 1. The van der Waals surface area contributed by atoms with Gasteiger partial charge in [-0.15, -0.1) is 0 Å². The lowest BCUT2D eigenvalue weighted by atomic mass is 9.66. The van der Waals surface area contributed by atoms with Crippen molar-refractivity contribution in [3.05, 3.63) is 39.9 Å². The molecule has 0 radical (unpaired) electrons. The van der Waals surface area contributed by atoms with Crippen LogP contribution >= 0.6 is 0 Å². The Morgan fingerprint density at radius 1 is 1.23 bits per heavy atom. The van der Waals surface area contributed by atoms with E-state index in [-0.39, 0.29) is 47.9 Å². The van der Waals surface area contributed by atoms with Gasteiger partial charge >= 0.3 is 0 Å². The molecule has 8 heteroatoms. The summed E-state index contributed by atoms with van der Waals surface area (Å²) >= 11 is 0. The molecule has 2 aromatic rings. The Balaban J connectivity index is 0.000000858. The number of halogens is 3. The topological polar surface area (TPSA) is 88.8 Å². The van der Waals surface area contributed by atoms with Gasteiger partial charge in [-0.3, -0.25) is 19.0 Å². The Morgan fingerprint density at radius 2 is 1.87 bits per heavy atom. The molecule has 2 saturated carbocycles. The SMILES string of the molecule is CCF.NC(=O)c1nccc2[nH]c([C@@H]3CCCCC3C3CCC(F)(F)CC3)cc(=O)c12. The average Bonchev–Trinajstić information content (AvgIpc) is 2.74. The first-order valence-electron chi connectivity index (χ1n) is 11.0. The lowest BCUT2D eigenvalue weighted by Gasteiger charge is -2.40. The number of aromatic amines is 1. The predicted octanol–water partition coefficient (Wildman–Crippen LogP) is 5.10. The maximum atomic E-state index is 13.6. The number of hydrogen-bond donors (Lipinski definition) is 2. The first-order valence-corrected chi connectivity index (χ1v) is 11.0. The Kier molecular flexibility index (Phi) is 7.38. The van der Waals surface area contributed by atoms with Crippen molar-refractivity contribution in [3.8, 4) is 0 Å². The van der Waals surface area contributed by atoms with Crippen LogP contribution in [0.4, 0.5) is 13.2 Å². The number of carbonyl (C=O) groups excluding carboxylic acids is 1. The summed E-state index contributed by atoms with van der Waals surface area (Å²) in [6.45, 7) is 1.21. The summed E-state index contributed by atoms with van der Waals surface area (Å²) in [5, 5.41) is 0.211. The number of pyridine rings is 2. The Labute approximate surface area is 179 Å². The third kappa shape index (κ3) is 5.28. The highest BCUT2D eigenvalue weighted by Gasteiger charge is 2.41. The molecule has 2 fully saturated rings. The lowest BCUT2D eigenvalue weighted by Crippen LogP contribution is -2.33. The number of hydrogen-bond acceptors (Lipinski definition) is 3. The zero-order valence-electron chi connectivity index (χ0n) is 17.8. The van der Waals surface area contributed by atoms with Crippen LogP contribution in [0.25, 0.3) is 10.9 Å². The Morgan fingerprint density at radius 3 is 2.52 bits per heavy atom. The number of primary amides is 1. The Bertz CT molecular complexity index is 966. The number of H-pyrrole nitrogens is 1. The maximum Gasteiger partial charge on any atom is 0.268 e. The first-order chi connectivity index (χ1) is 14.8. The highest BCUT2D eigenvalue weighted by atomic mass is 19.3. The van der Waals surface area contributed by atoms with Gasteiger partial charge in [0, 0.05) is 36.7 Å². The van der Waals surface area contributed by atoms with E-state index in [9.17, 15) is 22.8 Å². The third-order valence-corrected chi connectivity index (χ3v) is 6.58. The zero-order valence-corrected chi connectivity index (χ0v) is 17.8. The van der Waals surface area contributed by atoms with Crippen LogP contribution in [0.15, 0.2) is 23.1 Å². The van der Waals surface area contributed by atoms with Gasteiger partial charge in [0.25, 0.3) is 5.91 Å². The number of nitrogens with zero attached hydrogens (tertiary/aromatic N) is 1. The molecule has 5 nitrogen and oxygen atoms in total. The van der Waals surface area contributed by atoms with E-state index in [4.69, 9.17) is 5.73 Å². The van der Waals surface area contributed by atoms with Gasteiger partial charge in [0.05, 0.1) is 17.6 Å². The smallest absolute Gasteiger partial charge is 0.268 e. The van der Waals surface area contributed by atoms with Crippen LogP contribution in [-0.2, 0) is 0 Å². The largest absolute Gasteiger partial charge is 0.364 e. The normalized spacial score (nSPS) is 23.7. The van der Waals surface area contributed by atoms with E-state index in [0.29, 0.717) is 24.3 Å². The van der Waals surface area contributed by atoms with E-state index in [1.807, 2.05) is 0 Å². The average molecular weight is 438 g/mol. The number of amides is 1. The number of fused-ring (bicyclic) bond motifs is 1. The van der Waals surface area contributed by atoms with Gasteiger partial charge in [-0.05, 0) is 50.5 Å². The molecule has 0 bridgehead atoms. The van der Waals surface area contributed by atoms with Crippen molar-refractivity contribution in [2.45, 2.75) is 70.1 Å².